The Kier molecular flexibility index (Phi) is 2.61. The summed E-state index contributed by atoms with van der Waals surface area (Å²) in [6.07, 6.45) is 0. The number of benzene rings is 2. The molecular formula is C15H9F3O2. The summed E-state index contributed by atoms with van der Waals surface area (Å²) in [5, 5.41) is 0. The molecule has 0 saturated heterocycles. The highest BCUT2D eigenvalue weighted by Gasteiger charge is 2.66. The summed E-state index contributed by atoms with van der Waals surface area (Å²) in [5.41, 5.74) is -0.713. The molecule has 1 unspecified atom stereocenters. The number of carbonyl (C=O) groups excluding carboxylic acids is 1. The number of Topliss-reactive ketones (excluding diaryl/α,β-unsaturated/α-hetero) is 1. The largest absolute Gasteiger partial charge is 0.448 e. The average Bonchev–Trinajstić information content (AvgIpc) is 2.46. The highest BCUT2D eigenvalue weighted by Crippen LogP contribution is 2.49. The first kappa shape index (κ1) is 12.7. The Morgan fingerprint density at radius 1 is 0.850 bits per heavy atom. The molecule has 0 saturated carbocycles. The van der Waals surface area contributed by atoms with Crippen LogP contribution in [0.25, 0.3) is 0 Å². The van der Waals surface area contributed by atoms with Gasteiger partial charge in [0.25, 0.3) is 0 Å². The van der Waals surface area contributed by atoms with Gasteiger partial charge in [-0.2, -0.15) is 13.2 Å². The van der Waals surface area contributed by atoms with Gasteiger partial charge in [-0.25, -0.2) is 0 Å². The Morgan fingerprint density at radius 2 is 1.45 bits per heavy atom. The van der Waals surface area contributed by atoms with Crippen LogP contribution in [-0.4, -0.2) is 11.7 Å². The third-order valence-corrected chi connectivity index (χ3v) is 3.22. The second-order valence-electron chi connectivity index (χ2n) is 4.46. The minimum absolute atomic E-state index is 0.185. The van der Waals surface area contributed by atoms with Crippen molar-refractivity contribution in [2.75, 3.05) is 0 Å². The van der Waals surface area contributed by atoms with Crippen molar-refractivity contribution in [3.05, 3.63) is 65.7 Å². The van der Waals surface area contributed by atoms with Crippen molar-refractivity contribution in [2.45, 2.75) is 11.8 Å². The predicted octanol–water partition coefficient (Wildman–Crippen LogP) is 3.72. The maximum absolute atomic E-state index is 14.8. The normalized spacial score (nSPS) is 23.9. The van der Waals surface area contributed by atoms with Crippen molar-refractivity contribution in [3.8, 4) is 5.75 Å². The third kappa shape index (κ3) is 1.56. The quantitative estimate of drug-likeness (QED) is 0.794. The fourth-order valence-corrected chi connectivity index (χ4v) is 2.17. The summed E-state index contributed by atoms with van der Waals surface area (Å²) in [5.74, 6) is -9.55. The minimum Gasteiger partial charge on any atom is -0.448 e. The summed E-state index contributed by atoms with van der Waals surface area (Å²) in [6.45, 7) is 0. The van der Waals surface area contributed by atoms with Gasteiger partial charge < -0.3 is 4.74 Å². The molecular weight excluding hydrogens is 269 g/mol. The maximum Gasteiger partial charge on any atom is 0.382 e. The molecule has 0 aromatic heterocycles. The van der Waals surface area contributed by atoms with Crippen LogP contribution < -0.4 is 4.74 Å². The number of alkyl halides is 3. The minimum atomic E-state index is -4.29. The van der Waals surface area contributed by atoms with Crippen molar-refractivity contribution in [1.82, 2.24) is 0 Å². The Hall–Kier alpha value is -2.30. The molecule has 0 radical (unpaired) electrons. The van der Waals surface area contributed by atoms with Gasteiger partial charge in [-0.1, -0.05) is 42.5 Å². The molecule has 0 aliphatic carbocycles. The lowest BCUT2D eigenvalue weighted by atomic mass is 9.90. The molecule has 2 aromatic rings. The average molecular weight is 278 g/mol. The number of fused-ring (bicyclic) bond motifs is 1. The Labute approximate surface area is 112 Å². The number of hydrogen-bond acceptors (Lipinski definition) is 2. The monoisotopic (exact) mass is 278 g/mol. The van der Waals surface area contributed by atoms with Crippen LogP contribution in [0.1, 0.15) is 15.9 Å². The van der Waals surface area contributed by atoms with E-state index in [0.29, 0.717) is 0 Å². The molecule has 2 aromatic carbocycles. The second-order valence-corrected chi connectivity index (χ2v) is 4.46. The van der Waals surface area contributed by atoms with Crippen molar-refractivity contribution < 1.29 is 22.7 Å². The molecule has 0 amide bonds. The maximum atomic E-state index is 14.8. The zero-order valence-corrected chi connectivity index (χ0v) is 10.1. The number of hydrogen-bond donors (Lipinski definition) is 0. The topological polar surface area (TPSA) is 26.3 Å². The summed E-state index contributed by atoms with van der Waals surface area (Å²) in [6, 6.07) is 12.1. The lowest BCUT2D eigenvalue weighted by Gasteiger charge is -2.37. The van der Waals surface area contributed by atoms with E-state index in [1.54, 1.807) is 6.07 Å². The first-order valence-corrected chi connectivity index (χ1v) is 5.92. The molecule has 2 nitrogen and oxygen atoms in total. The van der Waals surface area contributed by atoms with Crippen LogP contribution in [0.2, 0.25) is 0 Å². The number of para-hydroxylation sites is 1. The van der Waals surface area contributed by atoms with Gasteiger partial charge in [-0.05, 0) is 12.1 Å². The van der Waals surface area contributed by atoms with E-state index in [1.165, 1.54) is 36.4 Å². The van der Waals surface area contributed by atoms with E-state index >= 15 is 0 Å². The van der Waals surface area contributed by atoms with E-state index in [4.69, 9.17) is 4.74 Å². The first-order valence-electron chi connectivity index (χ1n) is 5.92. The smallest absolute Gasteiger partial charge is 0.382 e. The molecule has 0 bridgehead atoms. The highest BCUT2D eigenvalue weighted by atomic mass is 19.3. The Morgan fingerprint density at radius 3 is 2.15 bits per heavy atom. The Bertz CT molecular complexity index is 670. The number of ether oxygens (including phenoxy) is 1. The molecule has 5 heteroatoms. The van der Waals surface area contributed by atoms with Crippen LogP contribution in [0.3, 0.4) is 0 Å². The van der Waals surface area contributed by atoms with Crippen LogP contribution in [-0.2, 0) is 5.85 Å². The van der Waals surface area contributed by atoms with Crippen molar-refractivity contribution in [1.29, 1.82) is 0 Å². The van der Waals surface area contributed by atoms with E-state index < -0.39 is 23.1 Å². The van der Waals surface area contributed by atoms with E-state index in [0.717, 1.165) is 12.1 Å². The molecule has 1 atom stereocenters. The standard InChI is InChI=1S/C15H9F3O2/c16-14(17)13(19)11-8-4-5-9-12(11)20-15(14,18)10-6-2-1-3-7-10/h1-9H. The molecule has 102 valence electrons. The SMILES string of the molecule is O=C1c2ccccc2OC(F)(c2ccccc2)C1(F)F. The lowest BCUT2D eigenvalue weighted by molar-refractivity contribution is -0.222. The van der Waals surface area contributed by atoms with Gasteiger partial charge in [0.1, 0.15) is 5.75 Å². The zero-order valence-electron chi connectivity index (χ0n) is 10.1. The van der Waals surface area contributed by atoms with Crippen LogP contribution in [0, 0.1) is 0 Å². The predicted molar refractivity (Wildman–Crippen MR) is 65.6 cm³/mol. The van der Waals surface area contributed by atoms with Gasteiger partial charge in [0.15, 0.2) is 0 Å². The highest BCUT2D eigenvalue weighted by molar-refractivity contribution is 6.05. The van der Waals surface area contributed by atoms with Crippen LogP contribution >= 0.6 is 0 Å². The number of ketones is 1. The summed E-state index contributed by atoms with van der Waals surface area (Å²) in [4.78, 5) is 11.9. The third-order valence-electron chi connectivity index (χ3n) is 3.22. The number of halogens is 3. The second kappa shape index (κ2) is 4.10. The van der Waals surface area contributed by atoms with E-state index in [1.807, 2.05) is 0 Å². The molecule has 3 rings (SSSR count). The van der Waals surface area contributed by atoms with E-state index in [-0.39, 0.29) is 11.3 Å². The van der Waals surface area contributed by atoms with Crippen molar-refractivity contribution in [2.24, 2.45) is 0 Å². The molecule has 0 spiro atoms. The fourth-order valence-electron chi connectivity index (χ4n) is 2.17. The fraction of sp³-hybridized carbons (Fsp3) is 0.133. The van der Waals surface area contributed by atoms with Crippen molar-refractivity contribution in [3.63, 3.8) is 0 Å². The van der Waals surface area contributed by atoms with E-state index in [2.05, 4.69) is 0 Å². The molecule has 20 heavy (non-hydrogen) atoms. The molecule has 1 aliphatic rings. The van der Waals surface area contributed by atoms with Gasteiger partial charge in [-0.15, -0.1) is 0 Å². The first-order chi connectivity index (χ1) is 9.47. The number of rotatable bonds is 1. The van der Waals surface area contributed by atoms with Crippen LogP contribution in [0.5, 0.6) is 5.75 Å². The van der Waals surface area contributed by atoms with E-state index in [9.17, 15) is 18.0 Å². The Balaban J connectivity index is 2.21. The summed E-state index contributed by atoms with van der Waals surface area (Å²) < 4.78 is 48.0. The van der Waals surface area contributed by atoms with Crippen LogP contribution in [0.4, 0.5) is 13.2 Å². The molecule has 1 heterocycles. The van der Waals surface area contributed by atoms with Gasteiger partial charge in [0, 0.05) is 5.56 Å². The summed E-state index contributed by atoms with van der Waals surface area (Å²) >= 11 is 0. The molecule has 0 N–H and O–H groups in total. The van der Waals surface area contributed by atoms with Crippen LogP contribution in [0.15, 0.2) is 54.6 Å². The van der Waals surface area contributed by atoms with Crippen molar-refractivity contribution >= 4 is 5.78 Å². The lowest BCUT2D eigenvalue weighted by Crippen LogP contribution is -2.54. The zero-order chi connectivity index (χ0) is 14.4. The van der Waals surface area contributed by atoms with Gasteiger partial charge >= 0.3 is 11.8 Å². The molecule has 1 aliphatic heterocycles. The summed E-state index contributed by atoms with van der Waals surface area (Å²) in [7, 11) is 0. The van der Waals surface area contributed by atoms with Gasteiger partial charge in [-0.3, -0.25) is 4.79 Å². The molecule has 0 fully saturated rings. The van der Waals surface area contributed by atoms with Gasteiger partial charge in [0.2, 0.25) is 5.78 Å². The number of carbonyl (C=O) groups is 1. The van der Waals surface area contributed by atoms with Gasteiger partial charge in [0.05, 0.1) is 5.56 Å².